The molecule has 0 atom stereocenters. The Morgan fingerprint density at radius 1 is 1.17 bits per heavy atom. The summed E-state index contributed by atoms with van der Waals surface area (Å²) in [5, 5.41) is 0.602. The van der Waals surface area contributed by atoms with Crippen LogP contribution in [0, 0.1) is 0 Å². The van der Waals surface area contributed by atoms with Crippen LogP contribution >= 0.6 is 11.6 Å². The molecule has 23 heavy (non-hydrogen) atoms. The third-order valence-electron chi connectivity index (χ3n) is 3.10. The average molecular weight is 329 g/mol. The van der Waals surface area contributed by atoms with Crippen molar-refractivity contribution in [1.29, 1.82) is 0 Å². The molecule has 118 valence electrons. The van der Waals surface area contributed by atoms with E-state index in [0.29, 0.717) is 28.7 Å². The van der Waals surface area contributed by atoms with E-state index in [9.17, 15) is 4.79 Å². The van der Waals surface area contributed by atoms with Gasteiger partial charge in [0.1, 0.15) is 6.61 Å². The zero-order valence-electron chi connectivity index (χ0n) is 12.8. The van der Waals surface area contributed by atoms with Crippen molar-refractivity contribution in [1.82, 2.24) is 0 Å². The Balaban J connectivity index is 2.14. The van der Waals surface area contributed by atoms with Crippen LogP contribution in [0.5, 0.6) is 11.5 Å². The molecule has 0 radical (unpaired) electrons. The zero-order valence-corrected chi connectivity index (χ0v) is 13.5. The van der Waals surface area contributed by atoms with Crippen molar-refractivity contribution in [2.45, 2.75) is 0 Å². The largest absolute Gasteiger partial charge is 0.493 e. The Bertz CT molecular complexity index is 718. The molecule has 0 aliphatic rings. The van der Waals surface area contributed by atoms with Gasteiger partial charge in [0.25, 0.3) is 0 Å². The van der Waals surface area contributed by atoms with Crippen LogP contribution in [0.2, 0.25) is 5.02 Å². The number of benzene rings is 2. The number of carbonyl (C=O) groups is 1. The first-order valence-corrected chi connectivity index (χ1v) is 7.41. The van der Waals surface area contributed by atoms with Gasteiger partial charge in [0.15, 0.2) is 17.3 Å². The molecule has 0 aromatic heterocycles. The van der Waals surface area contributed by atoms with Crippen LogP contribution in [-0.4, -0.2) is 19.5 Å². The predicted molar refractivity (Wildman–Crippen MR) is 93.5 cm³/mol. The Hall–Kier alpha value is -2.52. The summed E-state index contributed by atoms with van der Waals surface area (Å²) in [5.41, 5.74) is 1.43. The molecule has 0 unspecified atom stereocenters. The summed E-state index contributed by atoms with van der Waals surface area (Å²) in [6.07, 6.45) is 4.91. The molecule has 2 aromatic rings. The molecule has 2 rings (SSSR count). The Morgan fingerprint density at radius 2 is 1.91 bits per heavy atom. The quantitative estimate of drug-likeness (QED) is 0.415. The van der Waals surface area contributed by atoms with Crippen molar-refractivity contribution in [3.8, 4) is 11.5 Å². The minimum Gasteiger partial charge on any atom is -0.493 e. The van der Waals surface area contributed by atoms with Gasteiger partial charge >= 0.3 is 0 Å². The van der Waals surface area contributed by atoms with Crippen LogP contribution < -0.4 is 9.47 Å². The molecule has 3 nitrogen and oxygen atoms in total. The van der Waals surface area contributed by atoms with Crippen LogP contribution in [0.15, 0.2) is 61.2 Å². The number of allylic oxidation sites excluding steroid dienone is 1. The minimum atomic E-state index is -0.0902. The van der Waals surface area contributed by atoms with Crippen molar-refractivity contribution < 1.29 is 14.3 Å². The van der Waals surface area contributed by atoms with Gasteiger partial charge in [-0.1, -0.05) is 36.4 Å². The summed E-state index contributed by atoms with van der Waals surface area (Å²) in [7, 11) is 1.57. The third-order valence-corrected chi connectivity index (χ3v) is 3.35. The first-order chi connectivity index (χ1) is 11.1. The standard InChI is InChI=1S/C19H17ClO3/c1-3-12-23-18-11-5-14(13-19(18)22-2)4-10-17(21)15-6-8-16(20)9-7-15/h3-11,13H,1,12H2,2H3/b10-4+. The van der Waals surface area contributed by atoms with E-state index in [-0.39, 0.29) is 5.78 Å². The normalized spacial score (nSPS) is 10.5. The highest BCUT2D eigenvalue weighted by Gasteiger charge is 2.05. The van der Waals surface area contributed by atoms with Gasteiger partial charge in [-0.05, 0) is 48.0 Å². The Kier molecular flexibility index (Phi) is 6.01. The number of hydrogen-bond donors (Lipinski definition) is 0. The van der Waals surface area contributed by atoms with Crippen molar-refractivity contribution in [3.05, 3.63) is 77.3 Å². The first kappa shape index (κ1) is 16.8. The number of hydrogen-bond acceptors (Lipinski definition) is 3. The molecule has 4 heteroatoms. The van der Waals surface area contributed by atoms with E-state index < -0.39 is 0 Å². The lowest BCUT2D eigenvalue weighted by Crippen LogP contribution is -1.96. The van der Waals surface area contributed by atoms with Crippen molar-refractivity contribution in [3.63, 3.8) is 0 Å². The summed E-state index contributed by atoms with van der Waals surface area (Å²) in [5.74, 6) is 1.15. The van der Waals surface area contributed by atoms with Gasteiger partial charge in [-0.15, -0.1) is 0 Å². The van der Waals surface area contributed by atoms with E-state index in [0.717, 1.165) is 5.56 Å². The topological polar surface area (TPSA) is 35.5 Å². The van der Waals surface area contributed by atoms with Crippen molar-refractivity contribution >= 4 is 23.5 Å². The second-order valence-corrected chi connectivity index (χ2v) is 5.15. The maximum Gasteiger partial charge on any atom is 0.185 e. The lowest BCUT2D eigenvalue weighted by Gasteiger charge is -2.09. The number of rotatable bonds is 7. The predicted octanol–water partition coefficient (Wildman–Crippen LogP) is 4.81. The highest BCUT2D eigenvalue weighted by atomic mass is 35.5. The van der Waals surface area contributed by atoms with Gasteiger partial charge in [-0.25, -0.2) is 0 Å². The molecule has 0 N–H and O–H groups in total. The molecule has 2 aromatic carbocycles. The second kappa shape index (κ2) is 8.20. The molecule has 0 bridgehead atoms. The molecule has 0 amide bonds. The van der Waals surface area contributed by atoms with Gasteiger partial charge in [-0.2, -0.15) is 0 Å². The number of carbonyl (C=O) groups excluding carboxylic acids is 1. The van der Waals surface area contributed by atoms with Gasteiger partial charge in [0, 0.05) is 10.6 Å². The minimum absolute atomic E-state index is 0.0902. The lowest BCUT2D eigenvalue weighted by molar-refractivity contribution is 0.104. The fourth-order valence-electron chi connectivity index (χ4n) is 1.94. The Labute approximate surface area is 140 Å². The third kappa shape index (κ3) is 4.73. The van der Waals surface area contributed by atoms with E-state index in [1.165, 1.54) is 6.08 Å². The van der Waals surface area contributed by atoms with Crippen LogP contribution in [0.4, 0.5) is 0 Å². The number of ether oxygens (including phenoxy) is 2. The fourth-order valence-corrected chi connectivity index (χ4v) is 2.06. The number of ketones is 1. The molecule has 0 spiro atoms. The van der Waals surface area contributed by atoms with E-state index in [1.54, 1.807) is 49.6 Å². The van der Waals surface area contributed by atoms with Crippen molar-refractivity contribution in [2.75, 3.05) is 13.7 Å². The second-order valence-electron chi connectivity index (χ2n) is 4.71. The van der Waals surface area contributed by atoms with E-state index >= 15 is 0 Å². The molecular weight excluding hydrogens is 312 g/mol. The van der Waals surface area contributed by atoms with Gasteiger partial charge in [0.05, 0.1) is 7.11 Å². The summed E-state index contributed by atoms with van der Waals surface area (Å²) < 4.78 is 10.8. The summed E-state index contributed by atoms with van der Waals surface area (Å²) >= 11 is 5.81. The van der Waals surface area contributed by atoms with E-state index in [4.69, 9.17) is 21.1 Å². The van der Waals surface area contributed by atoms with Crippen LogP contribution in [0.25, 0.3) is 6.08 Å². The SMILES string of the molecule is C=CCOc1ccc(/C=C/C(=O)c2ccc(Cl)cc2)cc1OC. The zero-order chi connectivity index (χ0) is 16.7. The molecule has 0 aliphatic heterocycles. The monoisotopic (exact) mass is 328 g/mol. The summed E-state index contributed by atoms with van der Waals surface area (Å²) in [6, 6.07) is 12.2. The van der Waals surface area contributed by atoms with Gasteiger partial charge in [-0.3, -0.25) is 4.79 Å². The molecule has 0 aliphatic carbocycles. The van der Waals surface area contributed by atoms with Crippen molar-refractivity contribution in [2.24, 2.45) is 0 Å². The number of halogens is 1. The van der Waals surface area contributed by atoms with E-state index in [1.807, 2.05) is 12.1 Å². The maximum atomic E-state index is 12.1. The highest BCUT2D eigenvalue weighted by molar-refractivity contribution is 6.30. The Morgan fingerprint density at radius 3 is 2.57 bits per heavy atom. The summed E-state index contributed by atoms with van der Waals surface area (Å²) in [4.78, 5) is 12.1. The molecule has 0 heterocycles. The first-order valence-electron chi connectivity index (χ1n) is 7.03. The molecular formula is C19H17ClO3. The smallest absolute Gasteiger partial charge is 0.185 e. The highest BCUT2D eigenvalue weighted by Crippen LogP contribution is 2.28. The fraction of sp³-hybridized carbons (Fsp3) is 0.105. The maximum absolute atomic E-state index is 12.1. The summed E-state index contributed by atoms with van der Waals surface area (Å²) in [6.45, 7) is 4.01. The van der Waals surface area contributed by atoms with Gasteiger partial charge < -0.3 is 9.47 Å². The molecule has 0 fully saturated rings. The molecule has 0 saturated carbocycles. The van der Waals surface area contributed by atoms with E-state index in [2.05, 4.69) is 6.58 Å². The van der Waals surface area contributed by atoms with Crippen LogP contribution in [0.1, 0.15) is 15.9 Å². The van der Waals surface area contributed by atoms with Gasteiger partial charge in [0.2, 0.25) is 0 Å². The number of methoxy groups -OCH3 is 1. The van der Waals surface area contributed by atoms with Crippen LogP contribution in [0.3, 0.4) is 0 Å². The molecule has 0 saturated heterocycles. The van der Waals surface area contributed by atoms with Crippen LogP contribution in [-0.2, 0) is 0 Å². The lowest BCUT2D eigenvalue weighted by atomic mass is 10.1. The average Bonchev–Trinajstić information content (AvgIpc) is 2.58.